The predicted octanol–water partition coefficient (Wildman–Crippen LogP) is 9.96. The van der Waals surface area contributed by atoms with Crippen molar-refractivity contribution in [3.8, 4) is 39.1 Å². The van der Waals surface area contributed by atoms with Gasteiger partial charge in [0.15, 0.2) is 0 Å². The van der Waals surface area contributed by atoms with Crippen molar-refractivity contribution < 1.29 is 4.74 Å². The lowest BCUT2D eigenvalue weighted by Crippen LogP contribution is -2.15. The zero-order valence-electron chi connectivity index (χ0n) is 21.4. The summed E-state index contributed by atoms with van der Waals surface area (Å²) in [6.45, 7) is 0. The van der Waals surface area contributed by atoms with Crippen LogP contribution in [0.15, 0.2) is 146 Å². The van der Waals surface area contributed by atoms with Crippen LogP contribution in [0, 0.1) is 0 Å². The second-order valence-electron chi connectivity index (χ2n) is 10.4. The maximum atomic E-state index is 6.40. The Morgan fingerprint density at radius 1 is 0.436 bits per heavy atom. The van der Waals surface area contributed by atoms with E-state index in [4.69, 9.17) is 4.74 Å². The third-order valence-corrected chi connectivity index (χ3v) is 8.23. The van der Waals surface area contributed by atoms with Gasteiger partial charge in [-0.05, 0) is 67.1 Å². The molecular weight excluding hydrogens is 472 g/mol. The molecule has 1 heteroatoms. The second-order valence-corrected chi connectivity index (χ2v) is 10.4. The van der Waals surface area contributed by atoms with E-state index < -0.39 is 0 Å². The lowest BCUT2D eigenvalue weighted by atomic mass is 9.81. The fraction of sp³-hybridized carbons (Fsp3) is 0.0526. The number of rotatable bonds is 3. The summed E-state index contributed by atoms with van der Waals surface area (Å²) in [4.78, 5) is 0. The van der Waals surface area contributed by atoms with Gasteiger partial charge in [-0.1, -0.05) is 133 Å². The van der Waals surface area contributed by atoms with E-state index in [1.54, 1.807) is 0 Å². The number of ether oxygens (including phenoxy) is 1. The van der Waals surface area contributed by atoms with Crippen molar-refractivity contribution in [1.82, 2.24) is 0 Å². The average molecular weight is 499 g/mol. The molecule has 1 nitrogen and oxygen atoms in total. The summed E-state index contributed by atoms with van der Waals surface area (Å²) in [5.41, 5.74) is 8.82. The molecule has 0 radical (unpaired) electrons. The van der Waals surface area contributed by atoms with E-state index in [9.17, 15) is 0 Å². The molecule has 2 unspecified atom stereocenters. The highest BCUT2D eigenvalue weighted by atomic mass is 16.5. The van der Waals surface area contributed by atoms with Gasteiger partial charge in [0, 0.05) is 11.5 Å². The highest BCUT2D eigenvalue weighted by Crippen LogP contribution is 2.50. The third kappa shape index (κ3) is 3.47. The lowest BCUT2D eigenvalue weighted by Gasteiger charge is -2.20. The quantitative estimate of drug-likeness (QED) is 0.221. The molecule has 0 saturated heterocycles. The van der Waals surface area contributed by atoms with Gasteiger partial charge in [-0.2, -0.15) is 0 Å². The molecular formula is C38H26O. The van der Waals surface area contributed by atoms with Crippen LogP contribution in [-0.2, 0) is 0 Å². The van der Waals surface area contributed by atoms with Crippen LogP contribution in [0.3, 0.4) is 0 Å². The van der Waals surface area contributed by atoms with Gasteiger partial charge in [0.1, 0.15) is 11.9 Å². The van der Waals surface area contributed by atoms with Crippen LogP contribution < -0.4 is 4.74 Å². The van der Waals surface area contributed by atoms with E-state index in [0.717, 1.165) is 5.75 Å². The van der Waals surface area contributed by atoms with Crippen molar-refractivity contribution >= 4 is 21.5 Å². The Labute approximate surface area is 228 Å². The van der Waals surface area contributed by atoms with Crippen LogP contribution in [0.5, 0.6) is 5.75 Å². The molecule has 0 saturated carbocycles. The summed E-state index contributed by atoms with van der Waals surface area (Å²) in [5, 5.41) is 5.08. The van der Waals surface area contributed by atoms with E-state index in [1.807, 2.05) is 0 Å². The molecule has 0 aromatic heterocycles. The van der Waals surface area contributed by atoms with Crippen molar-refractivity contribution in [2.24, 2.45) is 0 Å². The summed E-state index contributed by atoms with van der Waals surface area (Å²) in [6, 6.07) is 43.9. The molecule has 0 spiro atoms. The highest BCUT2D eigenvalue weighted by molar-refractivity contribution is 6.21. The number of hydrogen-bond donors (Lipinski definition) is 0. The molecule has 39 heavy (non-hydrogen) atoms. The monoisotopic (exact) mass is 498 g/mol. The van der Waals surface area contributed by atoms with Gasteiger partial charge in [-0.3, -0.25) is 0 Å². The fourth-order valence-corrected chi connectivity index (χ4v) is 6.50. The molecule has 6 aromatic rings. The molecule has 1 heterocycles. The summed E-state index contributed by atoms with van der Waals surface area (Å²) < 4.78 is 6.40. The third-order valence-electron chi connectivity index (χ3n) is 8.23. The highest BCUT2D eigenvalue weighted by Gasteiger charge is 2.35. The van der Waals surface area contributed by atoms with Crippen molar-refractivity contribution in [1.29, 1.82) is 0 Å². The van der Waals surface area contributed by atoms with Crippen molar-refractivity contribution in [3.05, 3.63) is 151 Å². The molecule has 0 bridgehead atoms. The molecule has 2 atom stereocenters. The van der Waals surface area contributed by atoms with Crippen LogP contribution >= 0.6 is 0 Å². The molecule has 0 fully saturated rings. The fourth-order valence-electron chi connectivity index (χ4n) is 6.50. The summed E-state index contributed by atoms with van der Waals surface area (Å²) in [7, 11) is 0. The molecule has 1 aliphatic carbocycles. The Morgan fingerprint density at radius 3 is 1.69 bits per heavy atom. The first kappa shape index (κ1) is 22.1. The van der Waals surface area contributed by atoms with E-state index >= 15 is 0 Å². The number of fused-ring (bicyclic) bond motifs is 5. The zero-order chi connectivity index (χ0) is 25.8. The lowest BCUT2D eigenvalue weighted by molar-refractivity contribution is 0.269. The molecule has 6 aromatic carbocycles. The van der Waals surface area contributed by atoms with Crippen LogP contribution in [0.4, 0.5) is 0 Å². The SMILES string of the molecule is C1=CC2Oc3cccc(-c4c5ccccc5c(-c5ccc(-c6ccccc6)cc5)c5ccccc45)c3C2C=C1. The standard InChI is InChI=1S/C38H26O/c1-2-11-25(12-3-1)26-21-23-27(24-22-26)36-28-13-4-6-15-30(28)37(31-16-7-5-14-29(31)36)33-18-10-20-35-38(33)32-17-8-9-19-34(32)39-35/h1-24,32,34H. The summed E-state index contributed by atoms with van der Waals surface area (Å²) in [6.07, 6.45) is 8.76. The van der Waals surface area contributed by atoms with Gasteiger partial charge >= 0.3 is 0 Å². The number of allylic oxidation sites excluding steroid dienone is 2. The Hall–Kier alpha value is -4.88. The second kappa shape index (κ2) is 8.85. The Morgan fingerprint density at radius 2 is 1.00 bits per heavy atom. The Kier molecular flexibility index (Phi) is 5.03. The summed E-state index contributed by atoms with van der Waals surface area (Å²) >= 11 is 0. The Balaban J connectivity index is 1.39. The minimum Gasteiger partial charge on any atom is -0.485 e. The minimum absolute atomic E-state index is 0.0612. The van der Waals surface area contributed by atoms with Crippen LogP contribution in [0.1, 0.15) is 11.5 Å². The summed E-state index contributed by atoms with van der Waals surface area (Å²) in [5.74, 6) is 1.22. The van der Waals surface area contributed by atoms with E-state index in [2.05, 4.69) is 146 Å². The van der Waals surface area contributed by atoms with Gasteiger partial charge in [0.05, 0.1) is 0 Å². The molecule has 1 aliphatic heterocycles. The first-order chi connectivity index (χ1) is 19.4. The Bertz CT molecular complexity index is 1870. The van der Waals surface area contributed by atoms with Gasteiger partial charge in [0.2, 0.25) is 0 Å². The average Bonchev–Trinajstić information content (AvgIpc) is 3.40. The van der Waals surface area contributed by atoms with E-state index in [1.165, 1.54) is 60.5 Å². The van der Waals surface area contributed by atoms with E-state index in [0.29, 0.717) is 0 Å². The number of hydrogen-bond acceptors (Lipinski definition) is 1. The molecule has 2 aliphatic rings. The molecule has 8 rings (SSSR count). The number of benzene rings is 6. The minimum atomic E-state index is 0.0612. The van der Waals surface area contributed by atoms with Crippen LogP contribution in [-0.4, -0.2) is 6.10 Å². The van der Waals surface area contributed by atoms with Crippen molar-refractivity contribution in [3.63, 3.8) is 0 Å². The van der Waals surface area contributed by atoms with Gasteiger partial charge in [0.25, 0.3) is 0 Å². The molecule has 0 N–H and O–H groups in total. The maximum Gasteiger partial charge on any atom is 0.128 e. The zero-order valence-corrected chi connectivity index (χ0v) is 21.4. The normalized spacial score (nSPS) is 17.2. The first-order valence-electron chi connectivity index (χ1n) is 13.6. The van der Waals surface area contributed by atoms with Gasteiger partial charge in [-0.25, -0.2) is 0 Å². The van der Waals surface area contributed by atoms with Crippen molar-refractivity contribution in [2.75, 3.05) is 0 Å². The topological polar surface area (TPSA) is 9.23 Å². The van der Waals surface area contributed by atoms with Gasteiger partial charge < -0.3 is 4.74 Å². The smallest absolute Gasteiger partial charge is 0.128 e. The van der Waals surface area contributed by atoms with Crippen LogP contribution in [0.2, 0.25) is 0 Å². The van der Waals surface area contributed by atoms with Crippen molar-refractivity contribution in [2.45, 2.75) is 12.0 Å². The molecule has 184 valence electrons. The van der Waals surface area contributed by atoms with E-state index in [-0.39, 0.29) is 12.0 Å². The predicted molar refractivity (Wildman–Crippen MR) is 163 cm³/mol. The van der Waals surface area contributed by atoms with Crippen LogP contribution in [0.25, 0.3) is 54.9 Å². The molecule has 0 amide bonds. The van der Waals surface area contributed by atoms with Gasteiger partial charge in [-0.15, -0.1) is 0 Å². The largest absolute Gasteiger partial charge is 0.485 e. The first-order valence-corrected chi connectivity index (χ1v) is 13.6. The maximum absolute atomic E-state index is 6.40.